The number of hydrogen-bond acceptors (Lipinski definition) is 4. The first-order chi connectivity index (χ1) is 13.6. The Kier molecular flexibility index (Phi) is 5.60. The molecule has 146 valence electrons. The average Bonchev–Trinajstić information content (AvgIpc) is 3.35. The SMILES string of the molecule is CCC1COC(Cn2ccnc2)(c2ccc(Oc3ccc(Cl)cc3Cl)cc2)O1. The highest BCUT2D eigenvalue weighted by Crippen LogP contribution is 2.38. The summed E-state index contributed by atoms with van der Waals surface area (Å²) < 4.78 is 20.3. The highest BCUT2D eigenvalue weighted by molar-refractivity contribution is 6.35. The molecule has 1 fully saturated rings. The first-order valence-electron chi connectivity index (χ1n) is 9.09. The summed E-state index contributed by atoms with van der Waals surface area (Å²) in [5.41, 5.74) is 0.923. The summed E-state index contributed by atoms with van der Waals surface area (Å²) in [6, 6.07) is 12.8. The van der Waals surface area contributed by atoms with Crippen molar-refractivity contribution >= 4 is 23.2 Å². The zero-order chi connectivity index (χ0) is 19.6. The molecule has 7 heteroatoms. The molecular weight excluding hydrogens is 399 g/mol. The van der Waals surface area contributed by atoms with E-state index >= 15 is 0 Å². The van der Waals surface area contributed by atoms with Gasteiger partial charge < -0.3 is 18.8 Å². The van der Waals surface area contributed by atoms with Crippen LogP contribution < -0.4 is 4.74 Å². The topological polar surface area (TPSA) is 45.5 Å². The number of nitrogens with zero attached hydrogens (tertiary/aromatic N) is 2. The van der Waals surface area contributed by atoms with Crippen molar-refractivity contribution in [3.05, 3.63) is 76.8 Å². The van der Waals surface area contributed by atoms with Gasteiger partial charge in [0, 0.05) is 23.0 Å². The number of imidazole rings is 1. The maximum atomic E-state index is 6.30. The van der Waals surface area contributed by atoms with E-state index in [0.717, 1.165) is 12.0 Å². The molecule has 0 radical (unpaired) electrons. The van der Waals surface area contributed by atoms with Crippen molar-refractivity contribution in [2.45, 2.75) is 31.8 Å². The Morgan fingerprint density at radius 1 is 1.21 bits per heavy atom. The highest BCUT2D eigenvalue weighted by atomic mass is 35.5. The second-order valence-electron chi connectivity index (χ2n) is 6.65. The minimum absolute atomic E-state index is 0.0623. The summed E-state index contributed by atoms with van der Waals surface area (Å²) in [6.07, 6.45) is 6.35. The Morgan fingerprint density at radius 2 is 2.04 bits per heavy atom. The normalized spacial score (nSPS) is 21.8. The molecule has 1 saturated heterocycles. The molecule has 2 atom stereocenters. The standard InChI is InChI=1S/C21H20Cl2N2O3/c1-2-17-12-26-21(28-17,13-25-10-9-24-14-25)15-3-6-18(7-4-15)27-20-8-5-16(22)11-19(20)23/h3-11,14,17H,2,12-13H2,1H3. The first-order valence-corrected chi connectivity index (χ1v) is 9.84. The zero-order valence-electron chi connectivity index (χ0n) is 15.3. The van der Waals surface area contributed by atoms with E-state index in [0.29, 0.717) is 34.7 Å². The van der Waals surface area contributed by atoms with E-state index in [9.17, 15) is 0 Å². The third-order valence-electron chi connectivity index (χ3n) is 4.68. The predicted octanol–water partition coefficient (Wildman–Crippen LogP) is 5.66. The summed E-state index contributed by atoms with van der Waals surface area (Å²) >= 11 is 12.1. The van der Waals surface area contributed by atoms with Crippen molar-refractivity contribution in [1.82, 2.24) is 9.55 Å². The van der Waals surface area contributed by atoms with Crippen LogP contribution in [0.2, 0.25) is 10.0 Å². The minimum atomic E-state index is -0.849. The first kappa shape index (κ1) is 19.3. The Bertz CT molecular complexity index is 931. The number of ether oxygens (including phenoxy) is 3. The predicted molar refractivity (Wildman–Crippen MR) is 108 cm³/mol. The lowest BCUT2D eigenvalue weighted by Crippen LogP contribution is -2.33. The number of halogens is 2. The van der Waals surface area contributed by atoms with Crippen LogP contribution >= 0.6 is 23.2 Å². The molecule has 5 nitrogen and oxygen atoms in total. The van der Waals surface area contributed by atoms with Crippen molar-refractivity contribution in [3.8, 4) is 11.5 Å². The van der Waals surface area contributed by atoms with Crippen molar-refractivity contribution in [3.63, 3.8) is 0 Å². The fourth-order valence-electron chi connectivity index (χ4n) is 3.17. The number of aromatic nitrogens is 2. The van der Waals surface area contributed by atoms with Gasteiger partial charge in [0.05, 0.1) is 30.6 Å². The van der Waals surface area contributed by atoms with Crippen LogP contribution in [0.5, 0.6) is 11.5 Å². The molecule has 2 heterocycles. The number of hydrogen-bond donors (Lipinski definition) is 0. The third-order valence-corrected chi connectivity index (χ3v) is 5.21. The molecule has 0 amide bonds. The van der Waals surface area contributed by atoms with Crippen LogP contribution in [0.4, 0.5) is 0 Å². The Labute approximate surface area is 173 Å². The zero-order valence-corrected chi connectivity index (χ0v) is 16.9. The van der Waals surface area contributed by atoms with E-state index in [1.54, 1.807) is 30.7 Å². The van der Waals surface area contributed by atoms with E-state index in [-0.39, 0.29) is 6.10 Å². The summed E-state index contributed by atoms with van der Waals surface area (Å²) in [6.45, 7) is 3.17. The van der Waals surface area contributed by atoms with Gasteiger partial charge in [-0.2, -0.15) is 0 Å². The highest BCUT2D eigenvalue weighted by Gasteiger charge is 2.43. The van der Waals surface area contributed by atoms with Crippen molar-refractivity contribution < 1.29 is 14.2 Å². The van der Waals surface area contributed by atoms with E-state index < -0.39 is 5.79 Å². The molecule has 1 aliphatic heterocycles. The molecule has 2 unspecified atom stereocenters. The van der Waals surface area contributed by atoms with Gasteiger partial charge in [0.15, 0.2) is 0 Å². The van der Waals surface area contributed by atoms with Gasteiger partial charge >= 0.3 is 0 Å². The maximum Gasteiger partial charge on any atom is 0.213 e. The summed E-state index contributed by atoms with van der Waals surface area (Å²) in [7, 11) is 0. The molecule has 28 heavy (non-hydrogen) atoms. The van der Waals surface area contributed by atoms with E-state index in [1.807, 2.05) is 35.0 Å². The van der Waals surface area contributed by atoms with E-state index in [4.69, 9.17) is 37.4 Å². The number of rotatable bonds is 6. The van der Waals surface area contributed by atoms with Gasteiger partial charge in [-0.1, -0.05) is 30.1 Å². The van der Waals surface area contributed by atoms with Gasteiger partial charge in [0.25, 0.3) is 0 Å². The molecule has 0 N–H and O–H groups in total. The van der Waals surface area contributed by atoms with Crippen LogP contribution in [0, 0.1) is 0 Å². The molecule has 3 aromatic rings. The quantitative estimate of drug-likeness (QED) is 0.517. The van der Waals surface area contributed by atoms with Crippen LogP contribution in [0.25, 0.3) is 0 Å². The second kappa shape index (κ2) is 8.13. The van der Waals surface area contributed by atoms with Gasteiger partial charge in [-0.15, -0.1) is 0 Å². The molecule has 4 rings (SSSR count). The summed E-state index contributed by atoms with van der Waals surface area (Å²) in [5.74, 6) is 0.361. The van der Waals surface area contributed by atoms with Gasteiger partial charge in [0.1, 0.15) is 11.5 Å². The summed E-state index contributed by atoms with van der Waals surface area (Å²) in [4.78, 5) is 4.11. The fraction of sp³-hybridized carbons (Fsp3) is 0.286. The van der Waals surface area contributed by atoms with Crippen LogP contribution in [0.15, 0.2) is 61.2 Å². The number of benzene rings is 2. The monoisotopic (exact) mass is 418 g/mol. The summed E-state index contributed by atoms with van der Waals surface area (Å²) in [5, 5.41) is 1.02. The van der Waals surface area contributed by atoms with Crippen LogP contribution in [-0.4, -0.2) is 22.3 Å². The van der Waals surface area contributed by atoms with Crippen LogP contribution in [0.1, 0.15) is 18.9 Å². The largest absolute Gasteiger partial charge is 0.456 e. The lowest BCUT2D eigenvalue weighted by molar-refractivity contribution is -0.187. The Balaban J connectivity index is 1.57. The second-order valence-corrected chi connectivity index (χ2v) is 7.49. The van der Waals surface area contributed by atoms with Crippen molar-refractivity contribution in [1.29, 1.82) is 0 Å². The van der Waals surface area contributed by atoms with Gasteiger partial charge in [0.2, 0.25) is 5.79 Å². The minimum Gasteiger partial charge on any atom is -0.456 e. The molecular formula is C21H20Cl2N2O3. The van der Waals surface area contributed by atoms with Crippen molar-refractivity contribution in [2.24, 2.45) is 0 Å². The molecule has 2 aromatic carbocycles. The average molecular weight is 419 g/mol. The van der Waals surface area contributed by atoms with E-state index in [2.05, 4.69) is 11.9 Å². The molecule has 1 aromatic heterocycles. The lowest BCUT2D eigenvalue weighted by Gasteiger charge is -2.29. The molecule has 0 bridgehead atoms. The van der Waals surface area contributed by atoms with Gasteiger partial charge in [-0.25, -0.2) is 4.98 Å². The van der Waals surface area contributed by atoms with Crippen molar-refractivity contribution in [2.75, 3.05) is 6.61 Å². The molecule has 0 spiro atoms. The fourth-order valence-corrected chi connectivity index (χ4v) is 3.62. The van der Waals surface area contributed by atoms with Gasteiger partial charge in [-0.3, -0.25) is 0 Å². The third kappa shape index (κ3) is 4.03. The van der Waals surface area contributed by atoms with Gasteiger partial charge in [-0.05, 0) is 48.9 Å². The molecule has 0 aliphatic carbocycles. The maximum absolute atomic E-state index is 6.30. The smallest absolute Gasteiger partial charge is 0.213 e. The van der Waals surface area contributed by atoms with E-state index in [1.165, 1.54) is 0 Å². The lowest BCUT2D eigenvalue weighted by atomic mass is 10.1. The van der Waals surface area contributed by atoms with Crippen LogP contribution in [-0.2, 0) is 21.8 Å². The molecule has 1 aliphatic rings. The Hall–Kier alpha value is -2.05. The molecule has 0 saturated carbocycles. The Morgan fingerprint density at radius 3 is 2.68 bits per heavy atom. The van der Waals surface area contributed by atoms with Crippen LogP contribution in [0.3, 0.4) is 0 Å².